The number of imide groups is 1. The molecule has 36 heavy (non-hydrogen) atoms. The molecule has 0 radical (unpaired) electrons. The highest BCUT2D eigenvalue weighted by atomic mass is 16.5. The van der Waals surface area contributed by atoms with Crippen LogP contribution in [0.1, 0.15) is 50.6 Å². The smallest absolute Gasteiger partial charge is 0.328 e. The van der Waals surface area contributed by atoms with Crippen molar-refractivity contribution in [1.82, 2.24) is 19.7 Å². The lowest BCUT2D eigenvalue weighted by Crippen LogP contribution is -2.53. The van der Waals surface area contributed by atoms with E-state index >= 15 is 0 Å². The molecule has 1 aromatic heterocycles. The number of rotatable bonds is 7. The first kappa shape index (κ1) is 24.2. The van der Waals surface area contributed by atoms with Gasteiger partial charge in [-0.1, -0.05) is 12.1 Å². The Kier molecular flexibility index (Phi) is 5.95. The number of aromatic hydroxyl groups is 1. The highest BCUT2D eigenvalue weighted by Crippen LogP contribution is 2.49. The molecule has 2 aliphatic rings. The SMILES string of the molecule is CCOc1ccc2[nH]c3c(c2c1)CC1(C)C(=O)N(CCN(C)C(C)C)C(=O)N1C3c1cccc(O)c1. The number of benzene rings is 2. The molecule has 8 nitrogen and oxygen atoms in total. The van der Waals surface area contributed by atoms with Crippen molar-refractivity contribution in [3.8, 4) is 11.5 Å². The lowest BCUT2D eigenvalue weighted by Gasteiger charge is -2.42. The van der Waals surface area contributed by atoms with E-state index in [0.717, 1.165) is 33.5 Å². The number of aromatic amines is 1. The number of phenolic OH excluding ortho intramolecular Hbond substituents is 1. The lowest BCUT2D eigenvalue weighted by molar-refractivity contribution is -0.133. The van der Waals surface area contributed by atoms with Crippen molar-refractivity contribution in [2.75, 3.05) is 26.7 Å². The van der Waals surface area contributed by atoms with E-state index in [1.54, 1.807) is 23.1 Å². The van der Waals surface area contributed by atoms with Crippen molar-refractivity contribution in [3.63, 3.8) is 0 Å². The van der Waals surface area contributed by atoms with E-state index in [-0.39, 0.29) is 17.7 Å². The van der Waals surface area contributed by atoms with Gasteiger partial charge >= 0.3 is 6.03 Å². The monoisotopic (exact) mass is 490 g/mol. The molecule has 1 saturated heterocycles. The zero-order chi connectivity index (χ0) is 25.8. The molecule has 190 valence electrons. The fourth-order valence-electron chi connectivity index (χ4n) is 5.50. The van der Waals surface area contributed by atoms with E-state index in [4.69, 9.17) is 4.74 Å². The van der Waals surface area contributed by atoms with Crippen LogP contribution in [-0.4, -0.2) is 75.1 Å². The molecular weight excluding hydrogens is 456 g/mol. The largest absolute Gasteiger partial charge is 0.508 e. The molecule has 0 aliphatic carbocycles. The number of fused-ring (bicyclic) bond motifs is 4. The summed E-state index contributed by atoms with van der Waals surface area (Å²) in [5.41, 5.74) is 2.49. The van der Waals surface area contributed by atoms with Crippen molar-refractivity contribution < 1.29 is 19.4 Å². The van der Waals surface area contributed by atoms with Crippen LogP contribution in [0.3, 0.4) is 0 Å². The van der Waals surface area contributed by atoms with Gasteiger partial charge in [0.2, 0.25) is 0 Å². The number of likely N-dealkylation sites (N-methyl/N-ethyl adjacent to an activating group) is 1. The fraction of sp³-hybridized carbons (Fsp3) is 0.429. The van der Waals surface area contributed by atoms with Gasteiger partial charge in [-0.25, -0.2) is 4.79 Å². The van der Waals surface area contributed by atoms with E-state index in [1.165, 1.54) is 4.90 Å². The minimum atomic E-state index is -1.05. The van der Waals surface area contributed by atoms with Gasteiger partial charge in [-0.2, -0.15) is 0 Å². The van der Waals surface area contributed by atoms with Gasteiger partial charge in [-0.05, 0) is 76.2 Å². The molecular formula is C28H34N4O4. The van der Waals surface area contributed by atoms with Crippen LogP contribution in [0.4, 0.5) is 4.79 Å². The Morgan fingerprint density at radius 3 is 2.69 bits per heavy atom. The predicted octanol–water partition coefficient (Wildman–Crippen LogP) is 4.28. The molecule has 3 amide bonds. The number of urea groups is 1. The lowest BCUT2D eigenvalue weighted by atomic mass is 9.81. The molecule has 1 fully saturated rings. The maximum absolute atomic E-state index is 13.9. The first-order valence-electron chi connectivity index (χ1n) is 12.6. The Balaban J connectivity index is 1.65. The zero-order valence-electron chi connectivity index (χ0n) is 21.5. The topological polar surface area (TPSA) is 89.1 Å². The van der Waals surface area contributed by atoms with Gasteiger partial charge in [0.1, 0.15) is 23.1 Å². The second-order valence-electron chi connectivity index (χ2n) is 10.3. The number of carbonyl (C=O) groups excluding carboxylic acids is 2. The van der Waals surface area contributed by atoms with E-state index < -0.39 is 11.6 Å². The number of hydrogen-bond acceptors (Lipinski definition) is 5. The highest BCUT2D eigenvalue weighted by molar-refractivity contribution is 6.08. The van der Waals surface area contributed by atoms with Crippen LogP contribution in [0.5, 0.6) is 11.5 Å². The van der Waals surface area contributed by atoms with Crippen molar-refractivity contribution in [3.05, 3.63) is 59.3 Å². The van der Waals surface area contributed by atoms with Crippen molar-refractivity contribution in [2.45, 2.75) is 51.7 Å². The Labute approximate surface area is 211 Å². The third-order valence-electron chi connectivity index (χ3n) is 7.69. The highest BCUT2D eigenvalue weighted by Gasteiger charge is 2.60. The van der Waals surface area contributed by atoms with E-state index in [1.807, 2.05) is 45.2 Å². The molecule has 5 rings (SSSR count). The summed E-state index contributed by atoms with van der Waals surface area (Å²) in [5, 5.41) is 11.3. The van der Waals surface area contributed by atoms with Crippen molar-refractivity contribution >= 4 is 22.8 Å². The Bertz CT molecular complexity index is 1330. The number of H-pyrrole nitrogens is 1. The fourth-order valence-corrected chi connectivity index (χ4v) is 5.50. The standard InChI is InChI=1S/C28H34N4O4/c1-6-36-20-10-11-23-21(15-20)22-16-28(4)26(34)31(13-12-30(5)17(2)3)27(35)32(28)25(24(22)29-23)18-8-7-9-19(33)14-18/h7-11,14-15,17,25,29,33H,6,12-13,16H2,1-5H3. The van der Waals surface area contributed by atoms with Crippen LogP contribution in [0, 0.1) is 0 Å². The molecule has 3 heterocycles. The molecule has 2 atom stereocenters. The van der Waals surface area contributed by atoms with E-state index in [0.29, 0.717) is 32.2 Å². The van der Waals surface area contributed by atoms with Gasteiger partial charge in [-0.15, -0.1) is 0 Å². The van der Waals surface area contributed by atoms with Crippen LogP contribution in [0.25, 0.3) is 10.9 Å². The molecule has 0 spiro atoms. The third kappa shape index (κ3) is 3.71. The number of phenols is 1. The minimum absolute atomic E-state index is 0.115. The number of ether oxygens (including phenoxy) is 1. The van der Waals surface area contributed by atoms with E-state index in [9.17, 15) is 14.7 Å². The average Bonchev–Trinajstić information content (AvgIpc) is 3.28. The second-order valence-corrected chi connectivity index (χ2v) is 10.3. The van der Waals surface area contributed by atoms with Gasteiger partial charge in [-0.3, -0.25) is 14.6 Å². The number of hydrogen-bond donors (Lipinski definition) is 2. The average molecular weight is 491 g/mol. The van der Waals surface area contributed by atoms with Gasteiger partial charge in [0, 0.05) is 42.1 Å². The summed E-state index contributed by atoms with van der Waals surface area (Å²) in [4.78, 5) is 36.5. The summed E-state index contributed by atoms with van der Waals surface area (Å²) in [6.45, 7) is 9.47. The zero-order valence-corrected chi connectivity index (χ0v) is 21.5. The maximum atomic E-state index is 13.9. The number of nitrogens with one attached hydrogen (secondary N) is 1. The maximum Gasteiger partial charge on any atom is 0.328 e. The number of carbonyl (C=O) groups is 2. The first-order chi connectivity index (χ1) is 17.2. The molecule has 2 N–H and O–H groups in total. The summed E-state index contributed by atoms with van der Waals surface area (Å²) < 4.78 is 5.75. The number of amides is 3. The molecule has 0 saturated carbocycles. The summed E-state index contributed by atoms with van der Waals surface area (Å²) in [7, 11) is 1.99. The summed E-state index contributed by atoms with van der Waals surface area (Å²) in [6.07, 6.45) is 0.397. The predicted molar refractivity (Wildman–Crippen MR) is 138 cm³/mol. The van der Waals surface area contributed by atoms with Crippen molar-refractivity contribution in [1.29, 1.82) is 0 Å². The van der Waals surface area contributed by atoms with Crippen LogP contribution in [0.2, 0.25) is 0 Å². The number of aromatic nitrogens is 1. The van der Waals surface area contributed by atoms with Crippen LogP contribution in [-0.2, 0) is 11.2 Å². The molecule has 2 unspecified atom stereocenters. The summed E-state index contributed by atoms with van der Waals surface area (Å²) in [5.74, 6) is 0.695. The molecule has 2 aromatic carbocycles. The second kappa shape index (κ2) is 8.85. The van der Waals surface area contributed by atoms with Crippen LogP contribution >= 0.6 is 0 Å². The van der Waals surface area contributed by atoms with Crippen molar-refractivity contribution in [2.24, 2.45) is 0 Å². The van der Waals surface area contributed by atoms with Crippen LogP contribution < -0.4 is 4.74 Å². The first-order valence-corrected chi connectivity index (χ1v) is 12.6. The van der Waals surface area contributed by atoms with Gasteiger partial charge in [0.05, 0.1) is 6.61 Å². The molecule has 2 aliphatic heterocycles. The quantitative estimate of drug-likeness (QED) is 0.483. The minimum Gasteiger partial charge on any atom is -0.508 e. The van der Waals surface area contributed by atoms with Gasteiger partial charge in [0.15, 0.2) is 0 Å². The van der Waals surface area contributed by atoms with Gasteiger partial charge < -0.3 is 19.7 Å². The van der Waals surface area contributed by atoms with Crippen LogP contribution in [0.15, 0.2) is 42.5 Å². The van der Waals surface area contributed by atoms with E-state index in [2.05, 4.69) is 23.7 Å². The number of nitrogens with zero attached hydrogens (tertiary/aromatic N) is 3. The molecule has 8 heteroatoms. The Morgan fingerprint density at radius 1 is 1.22 bits per heavy atom. The third-order valence-corrected chi connectivity index (χ3v) is 7.69. The molecule has 0 bridgehead atoms. The Hall–Kier alpha value is -3.52. The summed E-state index contributed by atoms with van der Waals surface area (Å²) >= 11 is 0. The normalized spacial score (nSPS) is 21.6. The van der Waals surface area contributed by atoms with Gasteiger partial charge in [0.25, 0.3) is 5.91 Å². The Morgan fingerprint density at radius 2 is 2.00 bits per heavy atom. The molecule has 3 aromatic rings. The summed E-state index contributed by atoms with van der Waals surface area (Å²) in [6, 6.07) is 12.3.